The van der Waals surface area contributed by atoms with Gasteiger partial charge in [0.05, 0.1) is 5.69 Å². The maximum atomic E-state index is 13.7. The van der Waals surface area contributed by atoms with E-state index in [1.807, 2.05) is 0 Å². The summed E-state index contributed by atoms with van der Waals surface area (Å²) in [5.74, 6) is -0.911. The van der Waals surface area contributed by atoms with Gasteiger partial charge in [-0.05, 0) is 42.8 Å². The summed E-state index contributed by atoms with van der Waals surface area (Å²) in [4.78, 5) is -0.469. The van der Waals surface area contributed by atoms with Gasteiger partial charge in [-0.15, -0.1) is 0 Å². The average molecular weight is 315 g/mol. The van der Waals surface area contributed by atoms with Crippen molar-refractivity contribution < 1.29 is 12.8 Å². The Morgan fingerprint density at radius 1 is 1.20 bits per heavy atom. The van der Waals surface area contributed by atoms with Gasteiger partial charge in [0.25, 0.3) is 10.0 Å². The molecule has 4 nitrogen and oxygen atoms in total. The van der Waals surface area contributed by atoms with Crippen LogP contribution in [0.25, 0.3) is 0 Å². The molecular formula is C13H12ClFN2O2S. The predicted molar refractivity (Wildman–Crippen MR) is 77.8 cm³/mol. The normalized spacial score (nSPS) is 11.3. The summed E-state index contributed by atoms with van der Waals surface area (Å²) >= 11 is 5.60. The second-order valence-corrected chi connectivity index (χ2v) is 6.34. The molecule has 0 amide bonds. The minimum absolute atomic E-state index is 0.126. The van der Waals surface area contributed by atoms with E-state index in [4.69, 9.17) is 17.3 Å². The average Bonchev–Trinajstić information content (AvgIpc) is 2.33. The second kappa shape index (κ2) is 5.30. The summed E-state index contributed by atoms with van der Waals surface area (Å²) in [6, 6.07) is 8.16. The Labute approximate surface area is 121 Å². The molecule has 0 saturated carbocycles. The molecule has 0 bridgehead atoms. The van der Waals surface area contributed by atoms with Crippen LogP contribution in [-0.4, -0.2) is 8.42 Å². The highest BCUT2D eigenvalue weighted by atomic mass is 35.5. The molecule has 2 rings (SSSR count). The number of anilines is 2. The SMILES string of the molecule is Cc1ccc(N)cc1NS(=O)(=O)c1ccc(Cl)cc1F. The Balaban J connectivity index is 2.43. The molecular weight excluding hydrogens is 303 g/mol. The van der Waals surface area contributed by atoms with Crippen molar-refractivity contribution >= 4 is 33.0 Å². The topological polar surface area (TPSA) is 72.2 Å². The lowest BCUT2D eigenvalue weighted by Gasteiger charge is -2.12. The first kappa shape index (κ1) is 14.6. The zero-order chi connectivity index (χ0) is 14.9. The number of aryl methyl sites for hydroxylation is 1. The smallest absolute Gasteiger partial charge is 0.264 e. The van der Waals surface area contributed by atoms with Crippen molar-refractivity contribution in [3.8, 4) is 0 Å². The lowest BCUT2D eigenvalue weighted by molar-refractivity contribution is 0.570. The zero-order valence-electron chi connectivity index (χ0n) is 10.5. The molecule has 0 fully saturated rings. The van der Waals surface area contributed by atoms with Crippen LogP contribution in [0.15, 0.2) is 41.3 Å². The lowest BCUT2D eigenvalue weighted by Crippen LogP contribution is -2.15. The van der Waals surface area contributed by atoms with Gasteiger partial charge in [-0.3, -0.25) is 4.72 Å². The van der Waals surface area contributed by atoms with Gasteiger partial charge in [0.1, 0.15) is 10.7 Å². The van der Waals surface area contributed by atoms with Crippen LogP contribution in [0.2, 0.25) is 5.02 Å². The highest BCUT2D eigenvalue weighted by Gasteiger charge is 2.20. The molecule has 20 heavy (non-hydrogen) atoms. The number of nitrogens with two attached hydrogens (primary N) is 1. The van der Waals surface area contributed by atoms with Crippen LogP contribution < -0.4 is 10.5 Å². The highest BCUT2D eigenvalue weighted by molar-refractivity contribution is 7.92. The van der Waals surface area contributed by atoms with E-state index >= 15 is 0 Å². The summed E-state index contributed by atoms with van der Waals surface area (Å²) in [5, 5.41) is 0.126. The van der Waals surface area contributed by atoms with Crippen molar-refractivity contribution in [1.82, 2.24) is 0 Å². The van der Waals surface area contributed by atoms with Crippen molar-refractivity contribution in [2.24, 2.45) is 0 Å². The molecule has 0 heterocycles. The van der Waals surface area contributed by atoms with Crippen LogP contribution in [0.5, 0.6) is 0 Å². The van der Waals surface area contributed by atoms with E-state index in [1.54, 1.807) is 19.1 Å². The van der Waals surface area contributed by atoms with Crippen LogP contribution in [0.3, 0.4) is 0 Å². The molecule has 0 aliphatic carbocycles. The zero-order valence-corrected chi connectivity index (χ0v) is 12.1. The first-order valence-corrected chi connectivity index (χ1v) is 7.50. The fourth-order valence-corrected chi connectivity index (χ4v) is 2.98. The largest absolute Gasteiger partial charge is 0.399 e. The Bertz CT molecular complexity index is 763. The second-order valence-electron chi connectivity index (χ2n) is 4.25. The lowest BCUT2D eigenvalue weighted by atomic mass is 10.2. The summed E-state index contributed by atoms with van der Waals surface area (Å²) in [6.45, 7) is 1.72. The van der Waals surface area contributed by atoms with E-state index in [9.17, 15) is 12.8 Å². The number of nitrogen functional groups attached to an aromatic ring is 1. The number of nitrogens with one attached hydrogen (secondary N) is 1. The van der Waals surface area contributed by atoms with Gasteiger partial charge < -0.3 is 5.73 Å². The van der Waals surface area contributed by atoms with E-state index in [0.717, 1.165) is 12.1 Å². The highest BCUT2D eigenvalue weighted by Crippen LogP contribution is 2.24. The standard InChI is InChI=1S/C13H12ClFN2O2S/c1-8-2-4-10(16)7-12(8)17-20(18,19)13-5-3-9(14)6-11(13)15/h2-7,17H,16H2,1H3. The van der Waals surface area contributed by atoms with Gasteiger partial charge in [-0.2, -0.15) is 0 Å². The Morgan fingerprint density at radius 3 is 2.55 bits per heavy atom. The quantitative estimate of drug-likeness (QED) is 0.855. The first-order chi connectivity index (χ1) is 9.29. The van der Waals surface area contributed by atoms with Crippen molar-refractivity contribution in [1.29, 1.82) is 0 Å². The maximum Gasteiger partial charge on any atom is 0.264 e. The number of hydrogen-bond donors (Lipinski definition) is 2. The van der Waals surface area contributed by atoms with E-state index in [1.165, 1.54) is 12.1 Å². The molecule has 0 unspecified atom stereocenters. The molecule has 0 atom stereocenters. The van der Waals surface area contributed by atoms with Gasteiger partial charge in [-0.1, -0.05) is 17.7 Å². The molecule has 0 aliphatic rings. The minimum Gasteiger partial charge on any atom is -0.399 e. The van der Waals surface area contributed by atoms with Crippen LogP contribution in [0.1, 0.15) is 5.56 Å². The molecule has 7 heteroatoms. The number of sulfonamides is 1. The molecule has 0 aromatic heterocycles. The van der Waals surface area contributed by atoms with Crippen molar-refractivity contribution in [3.05, 3.63) is 52.8 Å². The van der Waals surface area contributed by atoms with Crippen molar-refractivity contribution in [3.63, 3.8) is 0 Å². The third-order valence-corrected chi connectivity index (χ3v) is 4.32. The summed E-state index contributed by atoms with van der Waals surface area (Å²) < 4.78 is 40.3. The van der Waals surface area contributed by atoms with E-state index in [2.05, 4.69) is 4.72 Å². The Morgan fingerprint density at radius 2 is 1.90 bits per heavy atom. The molecule has 0 spiro atoms. The van der Waals surface area contributed by atoms with Crippen molar-refractivity contribution in [2.45, 2.75) is 11.8 Å². The maximum absolute atomic E-state index is 13.7. The van der Waals surface area contributed by atoms with Crippen molar-refractivity contribution in [2.75, 3.05) is 10.5 Å². The third kappa shape index (κ3) is 3.02. The van der Waals surface area contributed by atoms with E-state index < -0.39 is 20.7 Å². The summed E-state index contributed by atoms with van der Waals surface area (Å²) in [6.07, 6.45) is 0. The van der Waals surface area contributed by atoms with Crippen LogP contribution in [0, 0.1) is 12.7 Å². The number of benzene rings is 2. The van der Waals surface area contributed by atoms with E-state index in [0.29, 0.717) is 16.9 Å². The minimum atomic E-state index is -4.04. The van der Waals surface area contributed by atoms with Crippen LogP contribution in [0.4, 0.5) is 15.8 Å². The van der Waals surface area contributed by atoms with Crippen LogP contribution >= 0.6 is 11.6 Å². The van der Waals surface area contributed by atoms with E-state index in [-0.39, 0.29) is 5.02 Å². The summed E-state index contributed by atoms with van der Waals surface area (Å²) in [7, 11) is -4.04. The van der Waals surface area contributed by atoms with Gasteiger partial charge in [0, 0.05) is 10.7 Å². The molecule has 2 aromatic rings. The molecule has 106 valence electrons. The first-order valence-electron chi connectivity index (χ1n) is 5.63. The number of halogens is 2. The van der Waals surface area contributed by atoms with Gasteiger partial charge in [0.2, 0.25) is 0 Å². The Kier molecular flexibility index (Phi) is 3.87. The van der Waals surface area contributed by atoms with Gasteiger partial charge in [0.15, 0.2) is 0 Å². The fourth-order valence-electron chi connectivity index (χ4n) is 1.64. The van der Waals surface area contributed by atoms with Crippen LogP contribution in [-0.2, 0) is 10.0 Å². The predicted octanol–water partition coefficient (Wildman–Crippen LogP) is 3.17. The molecule has 0 aliphatic heterocycles. The summed E-state index contributed by atoms with van der Waals surface area (Å²) in [5.41, 5.74) is 7.00. The Hall–Kier alpha value is -1.79. The molecule has 2 aromatic carbocycles. The molecule has 3 N–H and O–H groups in total. The monoisotopic (exact) mass is 314 g/mol. The third-order valence-electron chi connectivity index (χ3n) is 2.69. The van der Waals surface area contributed by atoms with Gasteiger partial charge in [-0.25, -0.2) is 12.8 Å². The fraction of sp³-hybridized carbons (Fsp3) is 0.0769. The number of rotatable bonds is 3. The number of hydrogen-bond acceptors (Lipinski definition) is 3. The molecule has 0 radical (unpaired) electrons. The van der Waals surface area contributed by atoms with Gasteiger partial charge >= 0.3 is 0 Å². The molecule has 0 saturated heterocycles.